The van der Waals surface area contributed by atoms with Crippen molar-refractivity contribution >= 4 is 5.97 Å². The van der Waals surface area contributed by atoms with Gasteiger partial charge in [-0.2, -0.15) is 0 Å². The Labute approximate surface area is 124 Å². The van der Waals surface area contributed by atoms with E-state index in [4.69, 9.17) is 4.74 Å². The average Bonchev–Trinajstić information content (AvgIpc) is 3.05. The monoisotopic (exact) mass is 296 g/mol. The highest BCUT2D eigenvalue weighted by Crippen LogP contribution is 2.54. The SMILES string of the molecule is CC[C@]1(OC(=O)C2=CC(O)C(O)C(O)C2)C[C@@H]2CC[C@H]1C2. The van der Waals surface area contributed by atoms with Crippen molar-refractivity contribution in [1.29, 1.82) is 0 Å². The second-order valence-corrected chi connectivity index (χ2v) is 6.83. The Morgan fingerprint density at radius 2 is 2.14 bits per heavy atom. The molecule has 0 aliphatic heterocycles. The van der Waals surface area contributed by atoms with Gasteiger partial charge >= 0.3 is 5.97 Å². The average molecular weight is 296 g/mol. The lowest BCUT2D eigenvalue weighted by atomic mass is 9.82. The van der Waals surface area contributed by atoms with Crippen molar-refractivity contribution in [2.24, 2.45) is 11.8 Å². The second kappa shape index (κ2) is 5.38. The van der Waals surface area contributed by atoms with Crippen LogP contribution in [0.1, 0.15) is 45.4 Å². The highest BCUT2D eigenvalue weighted by atomic mass is 16.6. The molecule has 0 aromatic carbocycles. The quantitative estimate of drug-likeness (QED) is 0.674. The number of esters is 1. The van der Waals surface area contributed by atoms with Gasteiger partial charge in [0, 0.05) is 12.0 Å². The summed E-state index contributed by atoms with van der Waals surface area (Å²) >= 11 is 0. The Hall–Kier alpha value is -0.910. The number of carbonyl (C=O) groups excluding carboxylic acids is 1. The number of rotatable bonds is 3. The van der Waals surface area contributed by atoms with Crippen molar-refractivity contribution in [3.8, 4) is 0 Å². The minimum Gasteiger partial charge on any atom is -0.455 e. The van der Waals surface area contributed by atoms with E-state index in [0.29, 0.717) is 11.8 Å². The molecule has 3 aliphatic carbocycles. The van der Waals surface area contributed by atoms with E-state index in [1.165, 1.54) is 12.5 Å². The van der Waals surface area contributed by atoms with E-state index in [-0.39, 0.29) is 17.6 Å². The molecule has 3 N–H and O–H groups in total. The van der Waals surface area contributed by atoms with Gasteiger partial charge in [0.25, 0.3) is 0 Å². The van der Waals surface area contributed by atoms with Crippen molar-refractivity contribution in [3.05, 3.63) is 11.6 Å². The van der Waals surface area contributed by atoms with Gasteiger partial charge in [-0.15, -0.1) is 0 Å². The molecule has 5 nitrogen and oxygen atoms in total. The van der Waals surface area contributed by atoms with Crippen LogP contribution < -0.4 is 0 Å². The zero-order valence-corrected chi connectivity index (χ0v) is 12.4. The molecule has 0 radical (unpaired) electrons. The van der Waals surface area contributed by atoms with Gasteiger partial charge in [-0.3, -0.25) is 0 Å². The summed E-state index contributed by atoms with van der Waals surface area (Å²) in [5.41, 5.74) is -0.0943. The maximum absolute atomic E-state index is 12.4. The Kier molecular flexibility index (Phi) is 3.84. The number of carbonyl (C=O) groups is 1. The van der Waals surface area contributed by atoms with Crippen LogP contribution in [0.2, 0.25) is 0 Å². The molecule has 0 aromatic heterocycles. The van der Waals surface area contributed by atoms with Gasteiger partial charge < -0.3 is 20.1 Å². The van der Waals surface area contributed by atoms with Crippen molar-refractivity contribution in [2.75, 3.05) is 0 Å². The van der Waals surface area contributed by atoms with E-state index >= 15 is 0 Å². The third-order valence-electron chi connectivity index (χ3n) is 5.62. The van der Waals surface area contributed by atoms with Crippen LogP contribution in [0.15, 0.2) is 11.6 Å². The molecule has 118 valence electrons. The van der Waals surface area contributed by atoms with Crippen molar-refractivity contribution in [2.45, 2.75) is 69.4 Å². The first kappa shape index (κ1) is 15.0. The largest absolute Gasteiger partial charge is 0.455 e. The first-order valence-electron chi connectivity index (χ1n) is 7.93. The molecule has 3 aliphatic rings. The predicted octanol–water partition coefficient (Wildman–Crippen LogP) is 0.911. The van der Waals surface area contributed by atoms with Gasteiger partial charge in [0.15, 0.2) is 0 Å². The standard InChI is InChI=1S/C16H24O5/c1-2-16(8-9-3-4-11(16)5-9)21-15(20)10-6-12(17)14(19)13(18)7-10/h6,9,11-14,17-19H,2-5,7-8H2,1H3/t9-,11+,12?,13?,14?,16+/m1/s1. The van der Waals surface area contributed by atoms with Crippen molar-refractivity contribution in [1.82, 2.24) is 0 Å². The van der Waals surface area contributed by atoms with E-state index in [1.807, 2.05) is 0 Å². The minimum absolute atomic E-state index is 0.0327. The van der Waals surface area contributed by atoms with E-state index in [2.05, 4.69) is 6.92 Å². The highest BCUT2D eigenvalue weighted by molar-refractivity contribution is 5.89. The first-order chi connectivity index (χ1) is 9.95. The summed E-state index contributed by atoms with van der Waals surface area (Å²) in [6.45, 7) is 2.05. The van der Waals surface area contributed by atoms with Crippen LogP contribution in [0.5, 0.6) is 0 Å². The summed E-state index contributed by atoms with van der Waals surface area (Å²) in [5, 5.41) is 28.9. The third kappa shape index (κ3) is 2.51. The third-order valence-corrected chi connectivity index (χ3v) is 5.62. The van der Waals surface area contributed by atoms with Crippen molar-refractivity contribution in [3.63, 3.8) is 0 Å². The van der Waals surface area contributed by atoms with Crippen molar-refractivity contribution < 1.29 is 24.9 Å². The Morgan fingerprint density at radius 3 is 2.67 bits per heavy atom. The maximum Gasteiger partial charge on any atom is 0.334 e. The summed E-state index contributed by atoms with van der Waals surface area (Å²) in [6.07, 6.45) is 3.02. The molecular weight excluding hydrogens is 272 g/mol. The molecule has 2 saturated carbocycles. The van der Waals surface area contributed by atoms with E-state index < -0.39 is 24.3 Å². The Bertz CT molecular complexity index is 460. The topological polar surface area (TPSA) is 87.0 Å². The van der Waals surface area contributed by atoms with Crippen LogP contribution in [0.3, 0.4) is 0 Å². The van der Waals surface area contributed by atoms with Crippen LogP contribution in [0, 0.1) is 11.8 Å². The molecule has 3 unspecified atom stereocenters. The van der Waals surface area contributed by atoms with Crippen LogP contribution in [-0.4, -0.2) is 45.2 Å². The molecule has 5 heteroatoms. The molecule has 6 atom stereocenters. The highest BCUT2D eigenvalue weighted by Gasteiger charge is 2.52. The molecule has 0 aromatic rings. The molecule has 0 amide bonds. The minimum atomic E-state index is -1.23. The fourth-order valence-electron chi connectivity index (χ4n) is 4.37. The molecule has 0 saturated heterocycles. The number of hydrogen-bond acceptors (Lipinski definition) is 5. The normalized spacial score (nSPS) is 45.5. The number of hydrogen-bond donors (Lipinski definition) is 3. The van der Waals surface area contributed by atoms with Gasteiger partial charge in [-0.05, 0) is 50.0 Å². The number of aliphatic hydroxyl groups excluding tert-OH is 3. The summed E-state index contributed by atoms with van der Waals surface area (Å²) < 4.78 is 5.84. The lowest BCUT2D eigenvalue weighted by Crippen LogP contribution is -2.44. The molecule has 3 rings (SSSR count). The van der Waals surface area contributed by atoms with E-state index in [0.717, 1.165) is 25.7 Å². The summed E-state index contributed by atoms with van der Waals surface area (Å²) in [7, 11) is 0. The fraction of sp³-hybridized carbons (Fsp3) is 0.812. The van der Waals surface area contributed by atoms with Gasteiger partial charge in [0.2, 0.25) is 0 Å². The Balaban J connectivity index is 1.73. The van der Waals surface area contributed by atoms with Gasteiger partial charge in [0.05, 0.1) is 6.10 Å². The zero-order chi connectivity index (χ0) is 15.2. The van der Waals surface area contributed by atoms with E-state index in [9.17, 15) is 20.1 Å². The van der Waals surface area contributed by atoms with Crippen LogP contribution >= 0.6 is 0 Å². The summed E-state index contributed by atoms with van der Waals surface area (Å²) in [5.74, 6) is 0.663. The van der Waals surface area contributed by atoms with Gasteiger partial charge in [0.1, 0.15) is 17.8 Å². The number of ether oxygens (including phenoxy) is 1. The summed E-state index contributed by atoms with van der Waals surface area (Å²) in [6, 6.07) is 0. The molecular formula is C16H24O5. The molecule has 21 heavy (non-hydrogen) atoms. The summed E-state index contributed by atoms with van der Waals surface area (Å²) in [4.78, 5) is 12.4. The Morgan fingerprint density at radius 1 is 1.38 bits per heavy atom. The van der Waals surface area contributed by atoms with Crippen LogP contribution in [0.25, 0.3) is 0 Å². The lowest BCUT2D eigenvalue weighted by molar-refractivity contribution is -0.162. The maximum atomic E-state index is 12.4. The number of fused-ring (bicyclic) bond motifs is 2. The predicted molar refractivity (Wildman–Crippen MR) is 75.3 cm³/mol. The lowest BCUT2D eigenvalue weighted by Gasteiger charge is -2.37. The molecule has 0 heterocycles. The van der Waals surface area contributed by atoms with Gasteiger partial charge in [-0.25, -0.2) is 4.79 Å². The molecule has 2 bridgehead atoms. The smallest absolute Gasteiger partial charge is 0.334 e. The van der Waals surface area contributed by atoms with Crippen LogP contribution in [-0.2, 0) is 9.53 Å². The number of aliphatic hydroxyl groups is 3. The van der Waals surface area contributed by atoms with E-state index in [1.54, 1.807) is 0 Å². The van der Waals surface area contributed by atoms with Crippen LogP contribution in [0.4, 0.5) is 0 Å². The first-order valence-corrected chi connectivity index (χ1v) is 7.93. The zero-order valence-electron chi connectivity index (χ0n) is 12.4. The second-order valence-electron chi connectivity index (χ2n) is 6.83. The fourth-order valence-corrected chi connectivity index (χ4v) is 4.37. The molecule has 0 spiro atoms. The van der Waals surface area contributed by atoms with Gasteiger partial charge in [-0.1, -0.05) is 6.92 Å². The molecule has 2 fully saturated rings.